The van der Waals surface area contributed by atoms with Crippen LogP contribution in [0.3, 0.4) is 0 Å². The summed E-state index contributed by atoms with van der Waals surface area (Å²) in [7, 11) is 1.68. The van der Waals surface area contributed by atoms with Crippen LogP contribution in [0.4, 0.5) is 4.79 Å². The Kier molecular flexibility index (Phi) is 8.02. The molecular formula is C14H26N2O4. The summed E-state index contributed by atoms with van der Waals surface area (Å²) in [6, 6.07) is -0.0164. The number of methoxy groups -OCH3 is 1. The van der Waals surface area contributed by atoms with E-state index in [0.717, 1.165) is 38.6 Å². The van der Waals surface area contributed by atoms with E-state index in [4.69, 9.17) is 9.84 Å². The van der Waals surface area contributed by atoms with E-state index in [1.807, 2.05) is 4.90 Å². The van der Waals surface area contributed by atoms with Gasteiger partial charge < -0.3 is 20.1 Å². The van der Waals surface area contributed by atoms with Crippen LogP contribution in [-0.4, -0.2) is 54.9 Å². The quantitative estimate of drug-likeness (QED) is 0.667. The van der Waals surface area contributed by atoms with Crippen molar-refractivity contribution in [3.63, 3.8) is 0 Å². The number of piperidine rings is 1. The van der Waals surface area contributed by atoms with Crippen molar-refractivity contribution >= 4 is 12.0 Å². The van der Waals surface area contributed by atoms with Gasteiger partial charge in [0.2, 0.25) is 0 Å². The van der Waals surface area contributed by atoms with Crippen molar-refractivity contribution in [3.05, 3.63) is 0 Å². The summed E-state index contributed by atoms with van der Waals surface area (Å²) in [4.78, 5) is 24.1. The van der Waals surface area contributed by atoms with Gasteiger partial charge in [-0.3, -0.25) is 4.79 Å². The van der Waals surface area contributed by atoms with Crippen molar-refractivity contribution in [1.29, 1.82) is 0 Å². The molecule has 1 atom stereocenters. The van der Waals surface area contributed by atoms with Gasteiger partial charge in [0, 0.05) is 33.2 Å². The van der Waals surface area contributed by atoms with Crippen LogP contribution in [-0.2, 0) is 9.53 Å². The Hall–Kier alpha value is -1.30. The first-order chi connectivity index (χ1) is 9.63. The topological polar surface area (TPSA) is 78.9 Å². The van der Waals surface area contributed by atoms with Crippen LogP contribution in [0, 0.1) is 0 Å². The normalized spacial score (nSPS) is 18.9. The van der Waals surface area contributed by atoms with Gasteiger partial charge >= 0.3 is 12.0 Å². The first-order valence-electron chi connectivity index (χ1n) is 7.41. The summed E-state index contributed by atoms with van der Waals surface area (Å²) in [5, 5.41) is 11.4. The Balaban J connectivity index is 2.03. The molecule has 6 heteroatoms. The predicted octanol–water partition coefficient (Wildman–Crippen LogP) is 1.84. The molecule has 2 amide bonds. The highest BCUT2D eigenvalue weighted by molar-refractivity contribution is 5.74. The zero-order chi connectivity index (χ0) is 14.8. The second-order valence-corrected chi connectivity index (χ2v) is 5.24. The molecule has 0 spiro atoms. The number of hydrogen-bond donors (Lipinski definition) is 2. The fraction of sp³-hybridized carbons (Fsp3) is 0.857. The molecule has 1 rings (SSSR count). The van der Waals surface area contributed by atoms with E-state index in [1.54, 1.807) is 7.11 Å². The highest BCUT2D eigenvalue weighted by atomic mass is 16.5. The van der Waals surface area contributed by atoms with Gasteiger partial charge in [0.15, 0.2) is 0 Å². The molecule has 1 heterocycles. The SMILES string of the molecule is COC1CCCN(C(=O)NCCCCCCC(=O)O)C1. The number of unbranched alkanes of at least 4 members (excludes halogenated alkanes) is 3. The van der Waals surface area contributed by atoms with Crippen LogP contribution in [0.15, 0.2) is 0 Å². The maximum atomic E-state index is 11.9. The zero-order valence-corrected chi connectivity index (χ0v) is 12.3. The average molecular weight is 286 g/mol. The summed E-state index contributed by atoms with van der Waals surface area (Å²) in [6.45, 7) is 2.12. The molecule has 2 N–H and O–H groups in total. The van der Waals surface area contributed by atoms with E-state index in [0.29, 0.717) is 19.5 Å². The van der Waals surface area contributed by atoms with Crippen molar-refractivity contribution in [2.75, 3.05) is 26.7 Å². The summed E-state index contributed by atoms with van der Waals surface area (Å²) in [5.41, 5.74) is 0. The van der Waals surface area contributed by atoms with E-state index < -0.39 is 5.97 Å². The van der Waals surface area contributed by atoms with E-state index >= 15 is 0 Å². The smallest absolute Gasteiger partial charge is 0.317 e. The lowest BCUT2D eigenvalue weighted by Crippen LogP contribution is -2.47. The molecule has 1 aliphatic rings. The fourth-order valence-electron chi connectivity index (χ4n) is 2.38. The van der Waals surface area contributed by atoms with Gasteiger partial charge in [-0.25, -0.2) is 4.79 Å². The lowest BCUT2D eigenvalue weighted by molar-refractivity contribution is -0.137. The first-order valence-corrected chi connectivity index (χ1v) is 7.41. The molecule has 1 aliphatic heterocycles. The van der Waals surface area contributed by atoms with Crippen molar-refractivity contribution in [2.45, 2.75) is 51.0 Å². The lowest BCUT2D eigenvalue weighted by Gasteiger charge is -2.31. The molecule has 0 aromatic heterocycles. The first kappa shape index (κ1) is 16.8. The summed E-state index contributed by atoms with van der Waals surface area (Å²) in [5.74, 6) is -0.740. The summed E-state index contributed by atoms with van der Waals surface area (Å²) in [6.07, 6.45) is 5.86. The number of hydrogen-bond acceptors (Lipinski definition) is 3. The van der Waals surface area contributed by atoms with Crippen molar-refractivity contribution in [2.24, 2.45) is 0 Å². The monoisotopic (exact) mass is 286 g/mol. The van der Waals surface area contributed by atoms with Crippen molar-refractivity contribution < 1.29 is 19.4 Å². The number of rotatable bonds is 8. The molecule has 6 nitrogen and oxygen atoms in total. The van der Waals surface area contributed by atoms with Gasteiger partial charge in [-0.05, 0) is 25.7 Å². The van der Waals surface area contributed by atoms with Crippen LogP contribution in [0.5, 0.6) is 0 Å². The molecule has 116 valence electrons. The number of amides is 2. The molecule has 0 bridgehead atoms. The van der Waals surface area contributed by atoms with E-state index in [2.05, 4.69) is 5.32 Å². The number of likely N-dealkylation sites (tertiary alicyclic amines) is 1. The number of carboxylic acids is 1. The van der Waals surface area contributed by atoms with Crippen LogP contribution >= 0.6 is 0 Å². The molecule has 0 aromatic carbocycles. The third kappa shape index (κ3) is 6.75. The average Bonchev–Trinajstić information content (AvgIpc) is 2.45. The van der Waals surface area contributed by atoms with E-state index in [1.165, 1.54) is 0 Å². The fourth-order valence-corrected chi connectivity index (χ4v) is 2.38. The minimum Gasteiger partial charge on any atom is -0.481 e. The second kappa shape index (κ2) is 9.58. The molecule has 0 aliphatic carbocycles. The molecule has 20 heavy (non-hydrogen) atoms. The van der Waals surface area contributed by atoms with Gasteiger partial charge in [0.05, 0.1) is 6.10 Å². The predicted molar refractivity (Wildman–Crippen MR) is 75.7 cm³/mol. The molecular weight excluding hydrogens is 260 g/mol. The Morgan fingerprint density at radius 1 is 1.30 bits per heavy atom. The van der Waals surface area contributed by atoms with E-state index in [9.17, 15) is 9.59 Å². The second-order valence-electron chi connectivity index (χ2n) is 5.24. The standard InChI is InChI=1S/C14H26N2O4/c1-20-12-7-6-10-16(11-12)14(19)15-9-5-3-2-4-8-13(17)18/h12H,2-11H2,1H3,(H,15,19)(H,17,18). The number of nitrogens with one attached hydrogen (secondary N) is 1. The molecule has 1 unspecified atom stereocenters. The van der Waals surface area contributed by atoms with Crippen LogP contribution in [0.1, 0.15) is 44.9 Å². The number of carbonyl (C=O) groups excluding carboxylic acids is 1. The minimum atomic E-state index is -0.740. The minimum absolute atomic E-state index is 0.0164. The number of nitrogens with zero attached hydrogens (tertiary/aromatic N) is 1. The highest BCUT2D eigenvalue weighted by Gasteiger charge is 2.22. The molecule has 0 radical (unpaired) electrons. The van der Waals surface area contributed by atoms with Crippen LogP contribution in [0.25, 0.3) is 0 Å². The Labute approximate surface area is 120 Å². The summed E-state index contributed by atoms with van der Waals surface area (Å²) >= 11 is 0. The van der Waals surface area contributed by atoms with Crippen LogP contribution < -0.4 is 5.32 Å². The van der Waals surface area contributed by atoms with Gasteiger partial charge in [-0.15, -0.1) is 0 Å². The number of urea groups is 1. The zero-order valence-electron chi connectivity index (χ0n) is 12.3. The number of aliphatic carboxylic acids is 1. The molecule has 0 saturated carbocycles. The maximum Gasteiger partial charge on any atom is 0.317 e. The van der Waals surface area contributed by atoms with Gasteiger partial charge in [0.1, 0.15) is 0 Å². The Morgan fingerprint density at radius 3 is 2.75 bits per heavy atom. The van der Waals surface area contributed by atoms with Gasteiger partial charge in [-0.1, -0.05) is 12.8 Å². The summed E-state index contributed by atoms with van der Waals surface area (Å²) < 4.78 is 5.29. The van der Waals surface area contributed by atoms with Gasteiger partial charge in [-0.2, -0.15) is 0 Å². The van der Waals surface area contributed by atoms with Crippen molar-refractivity contribution in [1.82, 2.24) is 10.2 Å². The molecule has 1 fully saturated rings. The number of ether oxygens (including phenoxy) is 1. The highest BCUT2D eigenvalue weighted by Crippen LogP contribution is 2.12. The third-order valence-corrected chi connectivity index (χ3v) is 3.59. The Morgan fingerprint density at radius 2 is 2.05 bits per heavy atom. The lowest BCUT2D eigenvalue weighted by atomic mass is 10.1. The maximum absolute atomic E-state index is 11.9. The number of carbonyl (C=O) groups is 2. The van der Waals surface area contributed by atoms with Crippen molar-refractivity contribution in [3.8, 4) is 0 Å². The Bertz CT molecular complexity index is 310. The third-order valence-electron chi connectivity index (χ3n) is 3.59. The van der Waals surface area contributed by atoms with Crippen LogP contribution in [0.2, 0.25) is 0 Å². The van der Waals surface area contributed by atoms with Gasteiger partial charge in [0.25, 0.3) is 0 Å². The largest absolute Gasteiger partial charge is 0.481 e. The molecule has 0 aromatic rings. The number of carboxylic acid groups (broad SMARTS) is 1. The van der Waals surface area contributed by atoms with E-state index in [-0.39, 0.29) is 18.6 Å². The molecule has 1 saturated heterocycles.